The molecule has 2 unspecified atom stereocenters. The second kappa shape index (κ2) is 4.86. The molecular weight excluding hydrogens is 244 g/mol. The molecule has 0 bridgehead atoms. The normalized spacial score (nSPS) is 20.7. The number of thiophene rings is 1. The van der Waals surface area contributed by atoms with Gasteiger partial charge in [0.2, 0.25) is 0 Å². The molecule has 0 spiro atoms. The Bertz CT molecular complexity index is 531. The highest BCUT2D eigenvalue weighted by atomic mass is 32.1. The molecule has 96 valence electrons. The number of hydrogen-bond donors (Lipinski definition) is 1. The number of imidazole rings is 1. The first kappa shape index (κ1) is 11.9. The standard InChI is InChI=1S/C14H18N2OS/c1-2-16-8-7-15-14(16)13(17)11-4-3-5-12-10(11)6-9-18-12/h6-9,11,13,17H,2-5H2,1H3. The Morgan fingerprint density at radius 2 is 2.50 bits per heavy atom. The summed E-state index contributed by atoms with van der Waals surface area (Å²) in [6.45, 7) is 2.93. The number of aromatic nitrogens is 2. The third-order valence-electron chi connectivity index (χ3n) is 3.83. The SMILES string of the molecule is CCn1ccnc1C(O)C1CCCc2sccc21. The van der Waals surface area contributed by atoms with E-state index in [-0.39, 0.29) is 5.92 Å². The number of rotatable bonds is 3. The fourth-order valence-electron chi connectivity index (χ4n) is 2.88. The highest BCUT2D eigenvalue weighted by Gasteiger charge is 2.30. The molecule has 1 N–H and O–H groups in total. The first-order valence-electron chi connectivity index (χ1n) is 6.56. The van der Waals surface area contributed by atoms with Crippen molar-refractivity contribution in [2.75, 3.05) is 0 Å². The van der Waals surface area contributed by atoms with E-state index in [9.17, 15) is 5.11 Å². The molecule has 0 fully saturated rings. The fraction of sp³-hybridized carbons (Fsp3) is 0.500. The van der Waals surface area contributed by atoms with E-state index < -0.39 is 6.10 Å². The van der Waals surface area contributed by atoms with Crippen LogP contribution in [0.2, 0.25) is 0 Å². The maximum Gasteiger partial charge on any atom is 0.138 e. The smallest absolute Gasteiger partial charge is 0.138 e. The largest absolute Gasteiger partial charge is 0.385 e. The van der Waals surface area contributed by atoms with E-state index in [1.54, 1.807) is 6.20 Å². The Morgan fingerprint density at radius 3 is 3.33 bits per heavy atom. The molecular formula is C14H18N2OS. The van der Waals surface area contributed by atoms with Crippen LogP contribution in [0.4, 0.5) is 0 Å². The Labute approximate surface area is 111 Å². The summed E-state index contributed by atoms with van der Waals surface area (Å²) in [6, 6.07) is 2.17. The van der Waals surface area contributed by atoms with Gasteiger partial charge in [-0.3, -0.25) is 0 Å². The first-order valence-corrected chi connectivity index (χ1v) is 7.44. The molecule has 2 atom stereocenters. The predicted molar refractivity (Wildman–Crippen MR) is 72.9 cm³/mol. The van der Waals surface area contributed by atoms with Gasteiger partial charge in [0, 0.05) is 29.7 Å². The van der Waals surface area contributed by atoms with E-state index in [0.29, 0.717) is 0 Å². The molecule has 2 aromatic rings. The Kier molecular flexibility index (Phi) is 3.22. The van der Waals surface area contributed by atoms with Gasteiger partial charge in [-0.05, 0) is 43.2 Å². The summed E-state index contributed by atoms with van der Waals surface area (Å²) in [7, 11) is 0. The van der Waals surface area contributed by atoms with Crippen LogP contribution in [-0.4, -0.2) is 14.7 Å². The van der Waals surface area contributed by atoms with Crippen LogP contribution < -0.4 is 0 Å². The number of hydrogen-bond acceptors (Lipinski definition) is 3. The number of aliphatic hydroxyl groups excluding tert-OH is 1. The van der Waals surface area contributed by atoms with Gasteiger partial charge in [0.25, 0.3) is 0 Å². The van der Waals surface area contributed by atoms with Crippen LogP contribution in [0.1, 0.15) is 48.1 Å². The molecule has 0 saturated heterocycles. The predicted octanol–water partition coefficient (Wildman–Crippen LogP) is 3.12. The number of fused-ring (bicyclic) bond motifs is 1. The van der Waals surface area contributed by atoms with Gasteiger partial charge in [0.05, 0.1) is 0 Å². The number of aliphatic hydroxyl groups is 1. The molecule has 0 radical (unpaired) electrons. The van der Waals surface area contributed by atoms with Crippen molar-refractivity contribution in [3.05, 3.63) is 40.1 Å². The molecule has 2 heterocycles. The summed E-state index contributed by atoms with van der Waals surface area (Å²) in [5.74, 6) is 1.02. The van der Waals surface area contributed by atoms with Gasteiger partial charge in [-0.1, -0.05) is 0 Å². The van der Waals surface area contributed by atoms with Crippen molar-refractivity contribution in [3.8, 4) is 0 Å². The van der Waals surface area contributed by atoms with Gasteiger partial charge >= 0.3 is 0 Å². The van der Waals surface area contributed by atoms with E-state index in [1.165, 1.54) is 23.3 Å². The van der Waals surface area contributed by atoms with Crippen LogP contribution in [0.15, 0.2) is 23.8 Å². The molecule has 0 aliphatic heterocycles. The molecule has 0 saturated carbocycles. The molecule has 1 aliphatic carbocycles. The zero-order valence-electron chi connectivity index (χ0n) is 10.5. The molecule has 0 aromatic carbocycles. The van der Waals surface area contributed by atoms with Crippen molar-refractivity contribution in [2.24, 2.45) is 0 Å². The van der Waals surface area contributed by atoms with E-state index in [0.717, 1.165) is 18.8 Å². The monoisotopic (exact) mass is 262 g/mol. The van der Waals surface area contributed by atoms with Gasteiger partial charge in [0.15, 0.2) is 0 Å². The first-order chi connectivity index (χ1) is 8.81. The summed E-state index contributed by atoms with van der Waals surface area (Å²) >= 11 is 1.82. The lowest BCUT2D eigenvalue weighted by atomic mass is 9.83. The Morgan fingerprint density at radius 1 is 1.61 bits per heavy atom. The highest BCUT2D eigenvalue weighted by Crippen LogP contribution is 2.41. The Hall–Kier alpha value is -1.13. The van der Waals surface area contributed by atoms with Crippen LogP contribution in [0.3, 0.4) is 0 Å². The van der Waals surface area contributed by atoms with Crippen molar-refractivity contribution >= 4 is 11.3 Å². The van der Waals surface area contributed by atoms with E-state index >= 15 is 0 Å². The summed E-state index contributed by atoms with van der Waals surface area (Å²) in [6.07, 6.45) is 6.63. The summed E-state index contributed by atoms with van der Waals surface area (Å²) in [5.41, 5.74) is 1.34. The maximum absolute atomic E-state index is 10.6. The van der Waals surface area contributed by atoms with Crippen molar-refractivity contribution in [3.63, 3.8) is 0 Å². The summed E-state index contributed by atoms with van der Waals surface area (Å²) in [5, 5.41) is 12.8. The number of nitrogens with zero attached hydrogens (tertiary/aromatic N) is 2. The average Bonchev–Trinajstić information content (AvgIpc) is 3.05. The van der Waals surface area contributed by atoms with Crippen LogP contribution in [0.25, 0.3) is 0 Å². The summed E-state index contributed by atoms with van der Waals surface area (Å²) in [4.78, 5) is 5.78. The Balaban J connectivity index is 1.93. The van der Waals surface area contributed by atoms with Crippen LogP contribution in [0.5, 0.6) is 0 Å². The fourth-order valence-corrected chi connectivity index (χ4v) is 3.88. The van der Waals surface area contributed by atoms with Gasteiger partial charge < -0.3 is 9.67 Å². The molecule has 4 heteroatoms. The molecule has 0 amide bonds. The maximum atomic E-state index is 10.6. The average molecular weight is 262 g/mol. The third-order valence-corrected chi connectivity index (χ3v) is 4.83. The topological polar surface area (TPSA) is 38.0 Å². The second-order valence-corrected chi connectivity index (χ2v) is 5.81. The lowest BCUT2D eigenvalue weighted by Crippen LogP contribution is -2.19. The van der Waals surface area contributed by atoms with Gasteiger partial charge in [-0.15, -0.1) is 11.3 Å². The van der Waals surface area contributed by atoms with Crippen molar-refractivity contribution in [1.82, 2.24) is 9.55 Å². The molecule has 1 aliphatic rings. The van der Waals surface area contributed by atoms with Crippen molar-refractivity contribution < 1.29 is 5.11 Å². The van der Waals surface area contributed by atoms with Gasteiger partial charge in [-0.25, -0.2) is 4.98 Å². The quantitative estimate of drug-likeness (QED) is 0.923. The minimum absolute atomic E-state index is 0.215. The van der Waals surface area contributed by atoms with Gasteiger partial charge in [0.1, 0.15) is 11.9 Å². The van der Waals surface area contributed by atoms with E-state index in [2.05, 4.69) is 23.4 Å². The van der Waals surface area contributed by atoms with Crippen LogP contribution in [-0.2, 0) is 13.0 Å². The molecule has 18 heavy (non-hydrogen) atoms. The minimum Gasteiger partial charge on any atom is -0.385 e. The van der Waals surface area contributed by atoms with E-state index in [1.807, 2.05) is 22.1 Å². The number of aryl methyl sites for hydroxylation is 2. The lowest BCUT2D eigenvalue weighted by Gasteiger charge is -2.27. The van der Waals surface area contributed by atoms with Crippen LogP contribution >= 0.6 is 11.3 Å². The van der Waals surface area contributed by atoms with Crippen molar-refractivity contribution in [2.45, 2.75) is 44.8 Å². The van der Waals surface area contributed by atoms with Crippen LogP contribution in [0, 0.1) is 0 Å². The van der Waals surface area contributed by atoms with Crippen molar-refractivity contribution in [1.29, 1.82) is 0 Å². The lowest BCUT2D eigenvalue weighted by molar-refractivity contribution is 0.123. The van der Waals surface area contributed by atoms with Gasteiger partial charge in [-0.2, -0.15) is 0 Å². The minimum atomic E-state index is -0.478. The second-order valence-electron chi connectivity index (χ2n) is 4.81. The van der Waals surface area contributed by atoms with E-state index in [4.69, 9.17) is 0 Å². The summed E-state index contributed by atoms with van der Waals surface area (Å²) < 4.78 is 2.03. The molecule has 2 aromatic heterocycles. The molecule has 3 nitrogen and oxygen atoms in total. The third kappa shape index (κ3) is 1.89. The molecule has 3 rings (SSSR count). The zero-order valence-corrected chi connectivity index (χ0v) is 11.4. The zero-order chi connectivity index (χ0) is 12.5. The highest BCUT2D eigenvalue weighted by molar-refractivity contribution is 7.10.